The van der Waals surface area contributed by atoms with E-state index in [1.165, 1.54) is 6.07 Å². The number of carbonyl (C=O) groups is 3. The zero-order chi connectivity index (χ0) is 24.8. The molecule has 5 nitrogen and oxygen atoms in total. The van der Waals surface area contributed by atoms with Crippen molar-refractivity contribution >= 4 is 34.9 Å². The molecule has 1 atom stereocenters. The Bertz CT molecular complexity index is 1350. The number of nitrogens with one attached hydrogen (secondary N) is 1. The normalized spacial score (nSPS) is 11.4. The molecule has 0 saturated heterocycles. The molecule has 4 aromatic carbocycles. The monoisotopic (exact) mass is 483 g/mol. The highest BCUT2D eigenvalue weighted by atomic mass is 35.5. The highest BCUT2D eigenvalue weighted by Crippen LogP contribution is 2.26. The number of ketones is 1. The molecule has 0 aliphatic carbocycles. The minimum atomic E-state index is -1.16. The number of Topliss-reactive ketones (excluding diaryl/α,β-unsaturated/α-hetero) is 1. The molecule has 1 N–H and O–H groups in total. The van der Waals surface area contributed by atoms with Crippen LogP contribution in [-0.4, -0.2) is 17.7 Å². The van der Waals surface area contributed by atoms with E-state index >= 15 is 0 Å². The molecule has 4 aromatic rings. The number of anilines is 1. The van der Waals surface area contributed by atoms with Crippen molar-refractivity contribution in [1.29, 1.82) is 0 Å². The molecule has 0 aliphatic rings. The van der Waals surface area contributed by atoms with E-state index in [4.69, 9.17) is 16.3 Å². The van der Waals surface area contributed by atoms with Crippen LogP contribution in [0.1, 0.15) is 48.3 Å². The van der Waals surface area contributed by atoms with Crippen molar-refractivity contribution in [1.82, 2.24) is 0 Å². The zero-order valence-corrected chi connectivity index (χ0v) is 19.7. The van der Waals surface area contributed by atoms with Crippen LogP contribution in [0.5, 0.6) is 0 Å². The van der Waals surface area contributed by atoms with Crippen LogP contribution in [0.3, 0.4) is 0 Å². The Morgan fingerprint density at radius 3 is 2.09 bits per heavy atom. The molecule has 0 fully saturated rings. The number of aryl methyl sites for hydroxylation is 1. The lowest BCUT2D eigenvalue weighted by atomic mass is 9.99. The van der Waals surface area contributed by atoms with E-state index in [2.05, 4.69) is 5.32 Å². The van der Waals surface area contributed by atoms with E-state index in [1.54, 1.807) is 84.9 Å². The van der Waals surface area contributed by atoms with Crippen LogP contribution in [0.25, 0.3) is 0 Å². The standard InChI is InChI=1S/C29H22ClNO4/c1-19-10-12-22(13-11-19)28(33)31-25-9-5-8-23(18-25)29(34)35-27(21-14-16-24(30)17-15-21)26(32)20-6-3-2-4-7-20/h2-18,27H,1H3,(H,31,33)/t27-/m0/s1. The van der Waals surface area contributed by atoms with Crippen LogP contribution in [0.4, 0.5) is 5.69 Å². The summed E-state index contributed by atoms with van der Waals surface area (Å²) in [5.41, 5.74) is 3.10. The summed E-state index contributed by atoms with van der Waals surface area (Å²) in [6.45, 7) is 1.94. The Morgan fingerprint density at radius 2 is 1.40 bits per heavy atom. The molecule has 174 valence electrons. The molecule has 0 saturated carbocycles. The Kier molecular flexibility index (Phi) is 7.38. The van der Waals surface area contributed by atoms with Crippen LogP contribution in [0.15, 0.2) is 103 Å². The van der Waals surface area contributed by atoms with Gasteiger partial charge < -0.3 is 10.1 Å². The van der Waals surface area contributed by atoms with Gasteiger partial charge in [-0.1, -0.05) is 77.8 Å². The summed E-state index contributed by atoms with van der Waals surface area (Å²) < 4.78 is 5.69. The van der Waals surface area contributed by atoms with Gasteiger partial charge in [-0.25, -0.2) is 4.79 Å². The maximum Gasteiger partial charge on any atom is 0.339 e. The molecule has 0 unspecified atom stereocenters. The molecule has 0 radical (unpaired) electrons. The second-order valence-corrected chi connectivity index (χ2v) is 8.40. The third-order valence-electron chi connectivity index (χ3n) is 5.36. The van der Waals surface area contributed by atoms with E-state index < -0.39 is 12.1 Å². The molecular formula is C29H22ClNO4. The number of rotatable bonds is 7. The van der Waals surface area contributed by atoms with Crippen LogP contribution in [0.2, 0.25) is 5.02 Å². The van der Waals surface area contributed by atoms with Crippen molar-refractivity contribution in [3.63, 3.8) is 0 Å². The second kappa shape index (κ2) is 10.8. The van der Waals surface area contributed by atoms with Gasteiger partial charge in [-0.15, -0.1) is 0 Å². The molecule has 0 bridgehead atoms. The van der Waals surface area contributed by atoms with Crippen molar-refractivity contribution in [2.24, 2.45) is 0 Å². The quantitative estimate of drug-likeness (QED) is 0.235. The van der Waals surface area contributed by atoms with Crippen molar-refractivity contribution in [2.45, 2.75) is 13.0 Å². The molecule has 0 heterocycles. The number of halogens is 1. The largest absolute Gasteiger partial charge is 0.445 e. The fraction of sp³-hybridized carbons (Fsp3) is 0.0690. The summed E-state index contributed by atoms with van der Waals surface area (Å²) in [7, 11) is 0. The highest BCUT2D eigenvalue weighted by molar-refractivity contribution is 6.30. The topological polar surface area (TPSA) is 72.5 Å². The highest BCUT2D eigenvalue weighted by Gasteiger charge is 2.27. The van der Waals surface area contributed by atoms with E-state index in [9.17, 15) is 14.4 Å². The summed E-state index contributed by atoms with van der Waals surface area (Å²) in [5, 5.41) is 3.29. The van der Waals surface area contributed by atoms with Gasteiger partial charge in [0.15, 0.2) is 6.10 Å². The predicted octanol–water partition coefficient (Wildman–Crippen LogP) is 6.68. The minimum Gasteiger partial charge on any atom is -0.445 e. The van der Waals surface area contributed by atoms with E-state index in [0.717, 1.165) is 5.56 Å². The number of benzene rings is 4. The minimum absolute atomic E-state index is 0.200. The maximum absolute atomic E-state index is 13.2. The summed E-state index contributed by atoms with van der Waals surface area (Å²) in [6.07, 6.45) is -1.16. The lowest BCUT2D eigenvalue weighted by Gasteiger charge is -2.18. The van der Waals surface area contributed by atoms with Gasteiger partial charge in [0.1, 0.15) is 0 Å². The van der Waals surface area contributed by atoms with Crippen molar-refractivity contribution in [3.8, 4) is 0 Å². The van der Waals surface area contributed by atoms with Gasteiger partial charge in [0, 0.05) is 27.4 Å². The van der Waals surface area contributed by atoms with E-state index in [1.807, 2.05) is 19.1 Å². The van der Waals surface area contributed by atoms with Crippen molar-refractivity contribution in [3.05, 3.63) is 136 Å². The predicted molar refractivity (Wildman–Crippen MR) is 136 cm³/mol. The summed E-state index contributed by atoms with van der Waals surface area (Å²) in [6, 6.07) is 28.8. The SMILES string of the molecule is Cc1ccc(C(=O)Nc2cccc(C(=O)O[C@H](C(=O)c3ccccc3)c3ccc(Cl)cc3)c2)cc1. The Hall–Kier alpha value is -4.22. The lowest BCUT2D eigenvalue weighted by molar-refractivity contribution is 0.0280. The number of ether oxygens (including phenoxy) is 1. The number of hydrogen-bond donors (Lipinski definition) is 1. The zero-order valence-electron chi connectivity index (χ0n) is 18.9. The maximum atomic E-state index is 13.2. The summed E-state index contributed by atoms with van der Waals surface area (Å²) >= 11 is 6.00. The van der Waals surface area contributed by atoms with Gasteiger partial charge in [-0.3, -0.25) is 9.59 Å². The summed E-state index contributed by atoms with van der Waals surface area (Å²) in [4.78, 5) is 38.8. The number of amides is 1. The third-order valence-corrected chi connectivity index (χ3v) is 5.62. The molecular weight excluding hydrogens is 462 g/mol. The first-order chi connectivity index (χ1) is 16.9. The Balaban J connectivity index is 1.55. The average molecular weight is 484 g/mol. The second-order valence-electron chi connectivity index (χ2n) is 7.97. The van der Waals surface area contributed by atoms with Gasteiger partial charge >= 0.3 is 5.97 Å². The lowest BCUT2D eigenvalue weighted by Crippen LogP contribution is -2.20. The van der Waals surface area contributed by atoms with Gasteiger partial charge in [0.05, 0.1) is 5.56 Å². The van der Waals surface area contributed by atoms with Crippen LogP contribution in [-0.2, 0) is 4.74 Å². The van der Waals surface area contributed by atoms with Crippen molar-refractivity contribution in [2.75, 3.05) is 5.32 Å². The van der Waals surface area contributed by atoms with Gasteiger partial charge in [0.2, 0.25) is 5.78 Å². The number of esters is 1. The van der Waals surface area contributed by atoms with Crippen LogP contribution < -0.4 is 5.32 Å². The Labute approximate surface area is 208 Å². The first kappa shape index (κ1) is 23.9. The first-order valence-corrected chi connectivity index (χ1v) is 11.3. The number of carbonyl (C=O) groups excluding carboxylic acids is 3. The average Bonchev–Trinajstić information content (AvgIpc) is 2.88. The molecule has 1 amide bonds. The molecule has 4 rings (SSSR count). The van der Waals surface area contributed by atoms with E-state index in [0.29, 0.717) is 27.4 Å². The number of hydrogen-bond acceptors (Lipinski definition) is 4. The molecule has 0 aliphatic heterocycles. The van der Waals surface area contributed by atoms with Crippen LogP contribution >= 0.6 is 11.6 Å². The molecule has 0 spiro atoms. The fourth-order valence-electron chi connectivity index (χ4n) is 3.47. The third kappa shape index (κ3) is 6.02. The fourth-order valence-corrected chi connectivity index (χ4v) is 3.60. The molecule has 6 heteroatoms. The molecule has 0 aromatic heterocycles. The van der Waals surface area contributed by atoms with Crippen LogP contribution in [0, 0.1) is 6.92 Å². The Morgan fingerprint density at radius 1 is 0.743 bits per heavy atom. The molecule has 35 heavy (non-hydrogen) atoms. The summed E-state index contributed by atoms with van der Waals surface area (Å²) in [5.74, 6) is -1.35. The first-order valence-electron chi connectivity index (χ1n) is 10.9. The van der Waals surface area contributed by atoms with Gasteiger partial charge in [-0.2, -0.15) is 0 Å². The smallest absolute Gasteiger partial charge is 0.339 e. The van der Waals surface area contributed by atoms with E-state index in [-0.39, 0.29) is 17.3 Å². The van der Waals surface area contributed by atoms with Gasteiger partial charge in [-0.05, 0) is 49.4 Å². The van der Waals surface area contributed by atoms with Crippen molar-refractivity contribution < 1.29 is 19.1 Å². The van der Waals surface area contributed by atoms with Gasteiger partial charge in [0.25, 0.3) is 5.91 Å².